The molecular weight excluding hydrogens is 322 g/mol. The van der Waals surface area contributed by atoms with Crippen LogP contribution in [0.2, 0.25) is 5.02 Å². The highest BCUT2D eigenvalue weighted by atomic mass is 35.5. The topological polar surface area (TPSA) is 30.5 Å². The average Bonchev–Trinajstić information content (AvgIpc) is 2.61. The lowest BCUT2D eigenvalue weighted by molar-refractivity contribution is 0.376. The maximum absolute atomic E-state index is 6.22. The number of hydrogen-bond donors (Lipinski definition) is 1. The summed E-state index contributed by atoms with van der Waals surface area (Å²) in [5.74, 6) is 1.92. The van der Waals surface area contributed by atoms with Crippen LogP contribution in [0.25, 0.3) is 0 Å². The first kappa shape index (κ1) is 17.1. The summed E-state index contributed by atoms with van der Waals surface area (Å²) in [5.41, 5.74) is 4.96. The number of fused-ring (bicyclic) bond motifs is 1. The normalized spacial score (nSPS) is 16.6. The molecule has 2 aromatic carbocycles. The SMILES string of the molecule is COc1ccc(OC)c2c1CCC(NCc1cccc(Cl)c1C)C2. The van der Waals surface area contributed by atoms with Crippen molar-refractivity contribution in [2.45, 2.75) is 38.8 Å². The van der Waals surface area contributed by atoms with Crippen molar-refractivity contribution < 1.29 is 9.47 Å². The zero-order chi connectivity index (χ0) is 17.1. The molecule has 3 nitrogen and oxygen atoms in total. The second kappa shape index (κ2) is 7.45. The highest BCUT2D eigenvalue weighted by molar-refractivity contribution is 6.31. The number of nitrogens with one attached hydrogen (secondary N) is 1. The minimum absolute atomic E-state index is 0.428. The molecule has 128 valence electrons. The van der Waals surface area contributed by atoms with E-state index in [1.807, 2.05) is 24.3 Å². The van der Waals surface area contributed by atoms with Crippen LogP contribution >= 0.6 is 11.6 Å². The zero-order valence-corrected chi connectivity index (χ0v) is 15.2. The van der Waals surface area contributed by atoms with Gasteiger partial charge < -0.3 is 14.8 Å². The predicted octanol–water partition coefficient (Wildman–Crippen LogP) is 4.31. The van der Waals surface area contributed by atoms with Crippen molar-refractivity contribution in [2.24, 2.45) is 0 Å². The molecule has 1 unspecified atom stereocenters. The van der Waals surface area contributed by atoms with Crippen LogP contribution in [0.5, 0.6) is 11.5 Å². The van der Waals surface area contributed by atoms with Gasteiger partial charge in [0.05, 0.1) is 14.2 Å². The lowest BCUT2D eigenvalue weighted by atomic mass is 9.86. The highest BCUT2D eigenvalue weighted by Gasteiger charge is 2.24. The fourth-order valence-electron chi connectivity index (χ4n) is 3.47. The molecule has 4 heteroatoms. The van der Waals surface area contributed by atoms with Gasteiger partial charge >= 0.3 is 0 Å². The van der Waals surface area contributed by atoms with E-state index in [-0.39, 0.29) is 0 Å². The van der Waals surface area contributed by atoms with Gasteiger partial charge in [-0.15, -0.1) is 0 Å². The van der Waals surface area contributed by atoms with Gasteiger partial charge in [0.1, 0.15) is 11.5 Å². The van der Waals surface area contributed by atoms with E-state index in [4.69, 9.17) is 21.1 Å². The molecular formula is C20H24ClNO2. The molecule has 0 saturated heterocycles. The van der Waals surface area contributed by atoms with E-state index in [2.05, 4.69) is 18.3 Å². The molecule has 0 saturated carbocycles. The van der Waals surface area contributed by atoms with Crippen molar-refractivity contribution in [1.29, 1.82) is 0 Å². The van der Waals surface area contributed by atoms with Gasteiger partial charge in [0.2, 0.25) is 0 Å². The molecule has 0 amide bonds. The van der Waals surface area contributed by atoms with Crippen molar-refractivity contribution in [3.05, 3.63) is 57.6 Å². The molecule has 1 atom stereocenters. The summed E-state index contributed by atoms with van der Waals surface area (Å²) in [7, 11) is 3.46. The van der Waals surface area contributed by atoms with Gasteiger partial charge in [0.15, 0.2) is 0 Å². The first-order valence-electron chi connectivity index (χ1n) is 8.34. The Balaban J connectivity index is 1.74. The van der Waals surface area contributed by atoms with Gasteiger partial charge in [0, 0.05) is 28.7 Å². The zero-order valence-electron chi connectivity index (χ0n) is 14.5. The van der Waals surface area contributed by atoms with Crippen molar-refractivity contribution in [2.75, 3.05) is 14.2 Å². The third-order valence-electron chi connectivity index (χ3n) is 4.94. The molecule has 1 aliphatic carbocycles. The van der Waals surface area contributed by atoms with Crippen molar-refractivity contribution >= 4 is 11.6 Å². The second-order valence-corrected chi connectivity index (χ2v) is 6.68. The second-order valence-electron chi connectivity index (χ2n) is 6.27. The van der Waals surface area contributed by atoms with E-state index in [0.29, 0.717) is 6.04 Å². The molecule has 0 spiro atoms. The molecule has 0 bridgehead atoms. The lowest BCUT2D eigenvalue weighted by Crippen LogP contribution is -2.34. The summed E-state index contributed by atoms with van der Waals surface area (Å²) >= 11 is 6.22. The summed E-state index contributed by atoms with van der Waals surface area (Å²) in [5, 5.41) is 4.51. The fraction of sp³-hybridized carbons (Fsp3) is 0.400. The first-order chi connectivity index (χ1) is 11.6. The van der Waals surface area contributed by atoms with Gasteiger partial charge in [-0.05, 0) is 55.5 Å². The Morgan fingerprint density at radius 2 is 1.79 bits per heavy atom. The summed E-state index contributed by atoms with van der Waals surface area (Å²) < 4.78 is 11.1. The van der Waals surface area contributed by atoms with Crippen LogP contribution in [0.4, 0.5) is 0 Å². The van der Waals surface area contributed by atoms with Crippen LogP contribution in [0.3, 0.4) is 0 Å². The molecule has 0 heterocycles. The van der Waals surface area contributed by atoms with Crippen LogP contribution in [0.1, 0.15) is 28.7 Å². The van der Waals surface area contributed by atoms with E-state index in [1.54, 1.807) is 14.2 Å². The van der Waals surface area contributed by atoms with Gasteiger partial charge in [0.25, 0.3) is 0 Å². The van der Waals surface area contributed by atoms with Gasteiger partial charge in [-0.25, -0.2) is 0 Å². The quantitative estimate of drug-likeness (QED) is 0.875. The lowest BCUT2D eigenvalue weighted by Gasteiger charge is -2.28. The van der Waals surface area contributed by atoms with Crippen LogP contribution < -0.4 is 14.8 Å². The number of halogens is 1. The number of ether oxygens (including phenoxy) is 2. The minimum Gasteiger partial charge on any atom is -0.496 e. The van der Waals surface area contributed by atoms with E-state index in [0.717, 1.165) is 47.9 Å². The van der Waals surface area contributed by atoms with Crippen LogP contribution in [-0.4, -0.2) is 20.3 Å². The van der Waals surface area contributed by atoms with Gasteiger partial charge in [-0.1, -0.05) is 23.7 Å². The van der Waals surface area contributed by atoms with E-state index >= 15 is 0 Å². The fourth-order valence-corrected chi connectivity index (χ4v) is 3.66. The van der Waals surface area contributed by atoms with Crippen molar-refractivity contribution in [1.82, 2.24) is 5.32 Å². The summed E-state index contributed by atoms with van der Waals surface area (Å²) in [6, 6.07) is 10.5. The Morgan fingerprint density at radius 3 is 2.50 bits per heavy atom. The molecule has 0 aliphatic heterocycles. The molecule has 0 aromatic heterocycles. The number of benzene rings is 2. The first-order valence-corrected chi connectivity index (χ1v) is 8.72. The van der Waals surface area contributed by atoms with E-state index in [1.165, 1.54) is 16.7 Å². The standard InChI is InChI=1S/C20H24ClNO2/c1-13-14(5-4-6-18(13)21)12-22-15-7-8-16-17(11-15)20(24-3)10-9-19(16)23-2/h4-6,9-10,15,22H,7-8,11-12H2,1-3H3. The molecule has 0 radical (unpaired) electrons. The number of rotatable bonds is 5. The smallest absolute Gasteiger partial charge is 0.122 e. The summed E-state index contributed by atoms with van der Waals surface area (Å²) in [4.78, 5) is 0. The Bertz CT molecular complexity index is 730. The van der Waals surface area contributed by atoms with Crippen LogP contribution in [-0.2, 0) is 19.4 Å². The third-order valence-corrected chi connectivity index (χ3v) is 5.35. The molecule has 24 heavy (non-hydrogen) atoms. The van der Waals surface area contributed by atoms with Gasteiger partial charge in [-0.2, -0.15) is 0 Å². The number of hydrogen-bond acceptors (Lipinski definition) is 3. The van der Waals surface area contributed by atoms with Crippen LogP contribution in [0.15, 0.2) is 30.3 Å². The maximum Gasteiger partial charge on any atom is 0.122 e. The Hall–Kier alpha value is -1.71. The summed E-state index contributed by atoms with van der Waals surface area (Å²) in [6.07, 6.45) is 3.05. The minimum atomic E-state index is 0.428. The van der Waals surface area contributed by atoms with Crippen molar-refractivity contribution in [3.8, 4) is 11.5 Å². The monoisotopic (exact) mass is 345 g/mol. The molecule has 3 rings (SSSR count). The van der Waals surface area contributed by atoms with E-state index < -0.39 is 0 Å². The Labute approximate surface area is 148 Å². The molecule has 1 aliphatic rings. The molecule has 2 aromatic rings. The molecule has 0 fully saturated rings. The largest absolute Gasteiger partial charge is 0.496 e. The Kier molecular flexibility index (Phi) is 5.32. The average molecular weight is 346 g/mol. The predicted molar refractivity (Wildman–Crippen MR) is 98.4 cm³/mol. The van der Waals surface area contributed by atoms with E-state index in [9.17, 15) is 0 Å². The van der Waals surface area contributed by atoms with Crippen LogP contribution in [0, 0.1) is 6.92 Å². The highest BCUT2D eigenvalue weighted by Crippen LogP contribution is 2.36. The third kappa shape index (κ3) is 3.38. The van der Waals surface area contributed by atoms with Crippen molar-refractivity contribution in [3.63, 3.8) is 0 Å². The summed E-state index contributed by atoms with van der Waals surface area (Å²) in [6.45, 7) is 2.90. The molecule has 1 N–H and O–H groups in total. The number of methoxy groups -OCH3 is 2. The maximum atomic E-state index is 6.22. The van der Waals surface area contributed by atoms with Gasteiger partial charge in [-0.3, -0.25) is 0 Å². The Morgan fingerprint density at radius 1 is 1.08 bits per heavy atom.